The minimum Gasteiger partial charge on any atom is -0.384 e. The van der Waals surface area contributed by atoms with Crippen LogP contribution in [0.15, 0.2) is 30.9 Å². The number of anilines is 1. The zero-order valence-electron chi connectivity index (χ0n) is 15.5. The summed E-state index contributed by atoms with van der Waals surface area (Å²) < 4.78 is 45.3. The van der Waals surface area contributed by atoms with Crippen molar-refractivity contribution in [3.63, 3.8) is 0 Å². The van der Waals surface area contributed by atoms with Gasteiger partial charge >= 0.3 is 6.36 Å². The van der Waals surface area contributed by atoms with Crippen molar-refractivity contribution in [1.82, 2.24) is 24.4 Å². The number of rotatable bonds is 5. The average Bonchev–Trinajstić information content (AvgIpc) is 3.31. The number of halogens is 3. The summed E-state index contributed by atoms with van der Waals surface area (Å²) in [7, 11) is 0. The molecule has 4 rings (SSSR count). The lowest BCUT2D eigenvalue weighted by molar-refractivity contribution is -0.276. The molecule has 0 atom stereocenters. The van der Waals surface area contributed by atoms with Gasteiger partial charge in [0.25, 0.3) is 11.8 Å². The number of nitrogens with zero attached hydrogens (tertiary/aromatic N) is 5. The molecule has 0 aromatic carbocycles. The van der Waals surface area contributed by atoms with Gasteiger partial charge in [0.15, 0.2) is 5.65 Å². The number of carbonyl (C=O) groups excluding carboxylic acids is 2. The number of fused-ring (bicyclic) bond motifs is 1. The maximum absolute atomic E-state index is 12.8. The molecule has 1 saturated carbocycles. The molecular formula is C18H17F3N6O3. The number of aromatic nitrogens is 5. The Morgan fingerprint density at radius 1 is 1.27 bits per heavy atom. The van der Waals surface area contributed by atoms with Crippen LogP contribution in [0.1, 0.15) is 42.1 Å². The van der Waals surface area contributed by atoms with Gasteiger partial charge in [0, 0.05) is 18.3 Å². The van der Waals surface area contributed by atoms with Crippen LogP contribution < -0.4 is 10.1 Å². The molecule has 0 unspecified atom stereocenters. The normalized spacial score (nSPS) is 19.6. The van der Waals surface area contributed by atoms with Gasteiger partial charge in [-0.2, -0.15) is 5.10 Å². The fourth-order valence-corrected chi connectivity index (χ4v) is 3.51. The lowest BCUT2D eigenvalue weighted by Gasteiger charge is -2.25. The Morgan fingerprint density at radius 2 is 2.03 bits per heavy atom. The molecule has 158 valence electrons. The van der Waals surface area contributed by atoms with Crippen LogP contribution in [0.5, 0.6) is 5.88 Å². The molecule has 1 aliphatic carbocycles. The van der Waals surface area contributed by atoms with Crippen LogP contribution in [0.25, 0.3) is 5.65 Å². The second-order valence-electron chi connectivity index (χ2n) is 6.98. The number of amides is 1. The number of hydrogen-bond acceptors (Lipinski definition) is 6. The molecule has 3 aromatic rings. The highest BCUT2D eigenvalue weighted by atomic mass is 19.4. The van der Waals surface area contributed by atoms with Crippen molar-refractivity contribution in [3.8, 4) is 5.88 Å². The van der Waals surface area contributed by atoms with Crippen LogP contribution in [0.4, 0.5) is 18.9 Å². The number of ether oxygens (including phenoxy) is 1. The molecule has 1 fully saturated rings. The van der Waals surface area contributed by atoms with E-state index in [0.717, 1.165) is 6.29 Å². The summed E-state index contributed by atoms with van der Waals surface area (Å²) in [5.74, 6) is -1.50. The highest BCUT2D eigenvalue weighted by molar-refractivity contribution is 6.08. The minimum atomic E-state index is -4.97. The van der Waals surface area contributed by atoms with Gasteiger partial charge in [-0.3, -0.25) is 9.48 Å². The molecule has 3 heterocycles. The summed E-state index contributed by atoms with van der Waals surface area (Å²) in [6.07, 6.45) is 3.98. The first kappa shape index (κ1) is 19.9. The van der Waals surface area contributed by atoms with E-state index in [-0.39, 0.29) is 28.9 Å². The molecule has 3 aromatic heterocycles. The Labute approximate surface area is 167 Å². The first-order valence-electron chi connectivity index (χ1n) is 9.24. The van der Waals surface area contributed by atoms with Crippen molar-refractivity contribution >= 4 is 23.5 Å². The van der Waals surface area contributed by atoms with Crippen LogP contribution in [0.2, 0.25) is 0 Å². The predicted octanol–water partition coefficient (Wildman–Crippen LogP) is 3.01. The largest absolute Gasteiger partial charge is 0.574 e. The van der Waals surface area contributed by atoms with Crippen LogP contribution >= 0.6 is 0 Å². The smallest absolute Gasteiger partial charge is 0.384 e. The molecular weight excluding hydrogens is 405 g/mol. The van der Waals surface area contributed by atoms with Crippen LogP contribution in [0, 0.1) is 5.92 Å². The molecule has 1 aliphatic rings. The third kappa shape index (κ3) is 4.11. The molecule has 1 amide bonds. The summed E-state index contributed by atoms with van der Waals surface area (Å²) >= 11 is 0. The van der Waals surface area contributed by atoms with E-state index in [4.69, 9.17) is 0 Å². The maximum atomic E-state index is 12.8. The highest BCUT2D eigenvalue weighted by Crippen LogP contribution is 2.35. The predicted molar refractivity (Wildman–Crippen MR) is 96.9 cm³/mol. The van der Waals surface area contributed by atoms with Crippen LogP contribution in [-0.2, 0) is 4.79 Å². The maximum Gasteiger partial charge on any atom is 0.574 e. The third-order valence-electron chi connectivity index (χ3n) is 4.99. The topological polar surface area (TPSA) is 103 Å². The Kier molecular flexibility index (Phi) is 5.14. The van der Waals surface area contributed by atoms with E-state index >= 15 is 0 Å². The Bertz CT molecular complexity index is 1070. The number of carbonyl (C=O) groups is 2. The molecule has 0 saturated heterocycles. The van der Waals surface area contributed by atoms with Gasteiger partial charge in [0.2, 0.25) is 0 Å². The number of aldehydes is 1. The summed E-state index contributed by atoms with van der Waals surface area (Å²) in [5, 5.41) is 10.3. The van der Waals surface area contributed by atoms with E-state index in [2.05, 4.69) is 25.2 Å². The van der Waals surface area contributed by atoms with Gasteiger partial charge in [0.05, 0.1) is 18.4 Å². The number of hydrogen-bond donors (Lipinski definition) is 1. The lowest BCUT2D eigenvalue weighted by atomic mass is 9.87. The van der Waals surface area contributed by atoms with Crippen molar-refractivity contribution in [1.29, 1.82) is 0 Å². The van der Waals surface area contributed by atoms with Crippen LogP contribution in [0.3, 0.4) is 0 Å². The van der Waals surface area contributed by atoms with Gasteiger partial charge in [0.1, 0.15) is 17.5 Å². The van der Waals surface area contributed by atoms with Gasteiger partial charge < -0.3 is 14.8 Å². The fourth-order valence-electron chi connectivity index (χ4n) is 3.51. The molecule has 12 heteroatoms. The van der Waals surface area contributed by atoms with Crippen molar-refractivity contribution in [2.45, 2.75) is 38.1 Å². The number of alkyl halides is 3. The van der Waals surface area contributed by atoms with Crippen molar-refractivity contribution in [2.75, 3.05) is 5.32 Å². The monoisotopic (exact) mass is 422 g/mol. The first-order valence-corrected chi connectivity index (χ1v) is 9.24. The van der Waals surface area contributed by atoms with E-state index in [0.29, 0.717) is 25.7 Å². The van der Waals surface area contributed by atoms with E-state index in [9.17, 15) is 22.8 Å². The minimum absolute atomic E-state index is 0.0509. The molecule has 0 radical (unpaired) electrons. The first-order chi connectivity index (χ1) is 14.3. The number of nitrogens with one attached hydrogen (secondary N) is 1. The Balaban J connectivity index is 1.60. The zero-order valence-corrected chi connectivity index (χ0v) is 15.5. The summed E-state index contributed by atoms with van der Waals surface area (Å²) in [5.41, 5.74) is 0.130. The summed E-state index contributed by atoms with van der Waals surface area (Å²) in [4.78, 5) is 27.6. The van der Waals surface area contributed by atoms with Crippen LogP contribution in [-0.4, -0.2) is 42.9 Å². The summed E-state index contributed by atoms with van der Waals surface area (Å²) in [6, 6.07) is 1.43. The molecule has 9 nitrogen and oxygen atoms in total. The second-order valence-corrected chi connectivity index (χ2v) is 6.98. The Morgan fingerprint density at radius 3 is 2.73 bits per heavy atom. The molecule has 0 bridgehead atoms. The third-order valence-corrected chi connectivity index (χ3v) is 4.99. The van der Waals surface area contributed by atoms with Crippen molar-refractivity contribution in [2.24, 2.45) is 5.92 Å². The van der Waals surface area contributed by atoms with E-state index < -0.39 is 18.1 Å². The zero-order chi connectivity index (χ0) is 21.3. The highest BCUT2D eigenvalue weighted by Gasteiger charge is 2.35. The van der Waals surface area contributed by atoms with Crippen molar-refractivity contribution < 1.29 is 27.5 Å². The van der Waals surface area contributed by atoms with Crippen molar-refractivity contribution in [3.05, 3.63) is 36.4 Å². The SMILES string of the molecule is O=CC1CCC(n2cc(NC(=O)c3cnn4cccnc34)c(OC(F)(F)F)n2)CC1. The van der Waals surface area contributed by atoms with E-state index in [1.807, 2.05) is 0 Å². The average molecular weight is 422 g/mol. The molecule has 0 aliphatic heterocycles. The lowest BCUT2D eigenvalue weighted by Crippen LogP contribution is -2.20. The van der Waals surface area contributed by atoms with Gasteiger partial charge in [-0.05, 0) is 31.7 Å². The summed E-state index contributed by atoms with van der Waals surface area (Å²) in [6.45, 7) is 0. The molecule has 0 spiro atoms. The second kappa shape index (κ2) is 7.76. The van der Waals surface area contributed by atoms with E-state index in [1.54, 1.807) is 12.3 Å². The Hall–Kier alpha value is -3.44. The standard InChI is InChI=1S/C18H17F3N6O3/c19-18(20,21)30-17-14(9-27(25-17)12-4-2-11(10-28)3-5-12)24-16(29)13-8-23-26-7-1-6-22-15(13)26/h1,6-12H,2-5H2,(H,24,29). The molecule has 1 N–H and O–H groups in total. The van der Waals surface area contributed by atoms with Gasteiger partial charge in [-0.25, -0.2) is 9.50 Å². The van der Waals surface area contributed by atoms with Gasteiger partial charge in [-0.15, -0.1) is 18.3 Å². The fraction of sp³-hybridized carbons (Fsp3) is 0.389. The molecule has 30 heavy (non-hydrogen) atoms. The van der Waals surface area contributed by atoms with E-state index in [1.165, 1.54) is 27.8 Å². The quantitative estimate of drug-likeness (QED) is 0.634. The van der Waals surface area contributed by atoms with Gasteiger partial charge in [-0.1, -0.05) is 0 Å².